The Hall–Kier alpha value is -2.37. The number of amides is 2. The van der Waals surface area contributed by atoms with Crippen LogP contribution in [0.15, 0.2) is 24.3 Å². The van der Waals surface area contributed by atoms with Crippen LogP contribution in [0.4, 0.5) is 5.69 Å². The summed E-state index contributed by atoms with van der Waals surface area (Å²) in [6.07, 6.45) is 0. The Balaban J connectivity index is 2.23. The highest BCUT2D eigenvalue weighted by Gasteiger charge is 2.45. The first-order valence-corrected chi connectivity index (χ1v) is 6.64. The van der Waals surface area contributed by atoms with Crippen LogP contribution in [-0.4, -0.2) is 46.4 Å². The Morgan fingerprint density at radius 1 is 1.10 bits per heavy atom. The summed E-state index contributed by atoms with van der Waals surface area (Å²) >= 11 is 0. The molecule has 1 aliphatic rings. The van der Waals surface area contributed by atoms with Crippen molar-refractivity contribution in [1.29, 1.82) is 0 Å². The van der Waals surface area contributed by atoms with E-state index in [1.165, 1.54) is 13.8 Å². The lowest BCUT2D eigenvalue weighted by molar-refractivity contribution is -0.164. The molecule has 1 fully saturated rings. The zero-order valence-corrected chi connectivity index (χ0v) is 12.3. The zero-order valence-electron chi connectivity index (χ0n) is 12.3. The van der Waals surface area contributed by atoms with Crippen molar-refractivity contribution in [3.8, 4) is 0 Å². The van der Waals surface area contributed by atoms with Crippen molar-refractivity contribution in [2.75, 3.05) is 18.0 Å². The van der Waals surface area contributed by atoms with Gasteiger partial charge in [0.1, 0.15) is 5.54 Å². The van der Waals surface area contributed by atoms with Gasteiger partial charge in [0.15, 0.2) is 0 Å². The second-order valence-corrected chi connectivity index (χ2v) is 5.68. The minimum atomic E-state index is -1.53. The summed E-state index contributed by atoms with van der Waals surface area (Å²) in [6, 6.07) is 7.48. The summed E-state index contributed by atoms with van der Waals surface area (Å²) < 4.78 is 0. The third-order valence-electron chi connectivity index (χ3n) is 3.63. The molecule has 0 spiro atoms. The van der Waals surface area contributed by atoms with Crippen LogP contribution in [0.5, 0.6) is 0 Å². The molecule has 0 aromatic heterocycles. The lowest BCUT2D eigenvalue weighted by Gasteiger charge is -2.40. The van der Waals surface area contributed by atoms with Crippen molar-refractivity contribution >= 4 is 23.5 Å². The van der Waals surface area contributed by atoms with E-state index in [4.69, 9.17) is 0 Å². The number of imide groups is 1. The number of aryl methyl sites for hydroxylation is 1. The van der Waals surface area contributed by atoms with Crippen molar-refractivity contribution in [1.82, 2.24) is 4.90 Å². The zero-order chi connectivity index (χ0) is 15.8. The Labute approximate surface area is 123 Å². The number of carbonyl (C=O) groups is 3. The average Bonchev–Trinajstić information content (AvgIpc) is 2.38. The summed E-state index contributed by atoms with van der Waals surface area (Å²) in [5, 5.41) is 9.18. The fraction of sp³-hybridized carbons (Fsp3) is 0.400. The molecule has 0 radical (unpaired) electrons. The first-order chi connectivity index (χ1) is 9.73. The third kappa shape index (κ3) is 2.74. The molecule has 1 saturated heterocycles. The number of piperazine rings is 1. The third-order valence-corrected chi connectivity index (χ3v) is 3.63. The maximum atomic E-state index is 12.2. The van der Waals surface area contributed by atoms with Crippen LogP contribution in [0.2, 0.25) is 0 Å². The van der Waals surface area contributed by atoms with Crippen LogP contribution in [0.1, 0.15) is 19.4 Å². The predicted octanol–water partition coefficient (Wildman–Crippen LogP) is 1.03. The summed E-state index contributed by atoms with van der Waals surface area (Å²) in [4.78, 5) is 38.2. The second-order valence-electron chi connectivity index (χ2n) is 5.68. The van der Waals surface area contributed by atoms with Crippen molar-refractivity contribution in [2.45, 2.75) is 26.3 Å². The summed E-state index contributed by atoms with van der Waals surface area (Å²) in [5.74, 6) is -2.20. The summed E-state index contributed by atoms with van der Waals surface area (Å²) in [7, 11) is 0. The lowest BCUT2D eigenvalue weighted by Crippen LogP contribution is -2.63. The van der Waals surface area contributed by atoms with E-state index < -0.39 is 23.3 Å². The number of hydrogen-bond donors (Lipinski definition) is 1. The molecule has 1 aromatic carbocycles. The highest BCUT2D eigenvalue weighted by atomic mass is 16.4. The number of carbonyl (C=O) groups excluding carboxylic acids is 2. The molecule has 0 unspecified atom stereocenters. The van der Waals surface area contributed by atoms with Gasteiger partial charge in [0.05, 0.1) is 13.1 Å². The molecule has 6 heteroatoms. The van der Waals surface area contributed by atoms with E-state index in [0.717, 1.165) is 16.2 Å². The number of anilines is 1. The Bertz CT molecular complexity index is 574. The Morgan fingerprint density at radius 3 is 2.00 bits per heavy atom. The monoisotopic (exact) mass is 290 g/mol. The van der Waals surface area contributed by atoms with Crippen LogP contribution in [0, 0.1) is 6.92 Å². The van der Waals surface area contributed by atoms with Gasteiger partial charge >= 0.3 is 5.97 Å². The van der Waals surface area contributed by atoms with E-state index in [1.54, 1.807) is 4.90 Å². The maximum absolute atomic E-state index is 12.2. The molecular weight excluding hydrogens is 272 g/mol. The van der Waals surface area contributed by atoms with Crippen LogP contribution in [-0.2, 0) is 14.4 Å². The fourth-order valence-corrected chi connectivity index (χ4v) is 2.32. The van der Waals surface area contributed by atoms with Crippen molar-refractivity contribution < 1.29 is 19.5 Å². The highest BCUT2D eigenvalue weighted by molar-refractivity contribution is 6.06. The first-order valence-electron chi connectivity index (χ1n) is 6.64. The van der Waals surface area contributed by atoms with Gasteiger partial charge in [-0.25, -0.2) is 4.79 Å². The van der Waals surface area contributed by atoms with E-state index in [9.17, 15) is 19.5 Å². The van der Waals surface area contributed by atoms with Crippen LogP contribution in [0.25, 0.3) is 0 Å². The van der Waals surface area contributed by atoms with E-state index in [2.05, 4.69) is 0 Å². The van der Waals surface area contributed by atoms with Gasteiger partial charge in [0, 0.05) is 5.69 Å². The van der Waals surface area contributed by atoms with E-state index >= 15 is 0 Å². The van der Waals surface area contributed by atoms with Crippen LogP contribution >= 0.6 is 0 Å². The second kappa shape index (κ2) is 5.20. The molecule has 0 saturated carbocycles. The number of carboxylic acid groups (broad SMARTS) is 1. The Morgan fingerprint density at radius 2 is 1.57 bits per heavy atom. The minimum absolute atomic E-state index is 0.00842. The van der Waals surface area contributed by atoms with E-state index in [0.29, 0.717) is 0 Å². The molecule has 1 aliphatic heterocycles. The normalized spacial score (nSPS) is 16.3. The molecule has 1 N–H and O–H groups in total. The smallest absolute Gasteiger partial charge is 0.329 e. The number of rotatable bonds is 3. The molecule has 6 nitrogen and oxygen atoms in total. The quantitative estimate of drug-likeness (QED) is 0.841. The van der Waals surface area contributed by atoms with Gasteiger partial charge in [-0.15, -0.1) is 0 Å². The molecule has 2 rings (SSSR count). The number of carboxylic acids is 1. The lowest BCUT2D eigenvalue weighted by atomic mass is 10.0. The number of nitrogens with zero attached hydrogens (tertiary/aromatic N) is 2. The molecule has 1 aromatic rings. The van der Waals surface area contributed by atoms with Crippen LogP contribution in [0.3, 0.4) is 0 Å². The summed E-state index contributed by atoms with van der Waals surface area (Å²) in [6.45, 7) is 4.64. The van der Waals surface area contributed by atoms with Gasteiger partial charge in [-0.1, -0.05) is 17.7 Å². The van der Waals surface area contributed by atoms with Gasteiger partial charge in [-0.05, 0) is 32.9 Å². The molecule has 0 atom stereocenters. The van der Waals surface area contributed by atoms with Gasteiger partial charge in [0.25, 0.3) is 0 Å². The number of aliphatic carboxylic acids is 1. The van der Waals surface area contributed by atoms with Gasteiger partial charge < -0.3 is 10.0 Å². The molecule has 0 aliphatic carbocycles. The van der Waals surface area contributed by atoms with Crippen LogP contribution < -0.4 is 4.90 Å². The van der Waals surface area contributed by atoms with Crippen molar-refractivity contribution in [3.63, 3.8) is 0 Å². The molecule has 2 amide bonds. The van der Waals surface area contributed by atoms with Gasteiger partial charge in [-0.2, -0.15) is 0 Å². The first kappa shape index (κ1) is 15.0. The van der Waals surface area contributed by atoms with Crippen molar-refractivity contribution in [2.24, 2.45) is 0 Å². The molecule has 1 heterocycles. The summed E-state index contributed by atoms with van der Waals surface area (Å²) in [5.41, 5.74) is 0.324. The Kier molecular flexibility index (Phi) is 3.72. The van der Waals surface area contributed by atoms with E-state index in [1.807, 2.05) is 31.2 Å². The number of benzene rings is 1. The average molecular weight is 290 g/mol. The van der Waals surface area contributed by atoms with Gasteiger partial charge in [0.2, 0.25) is 11.8 Å². The molecule has 112 valence electrons. The minimum Gasteiger partial charge on any atom is -0.480 e. The SMILES string of the molecule is Cc1ccc(N2CC(=O)N(C(C)(C)C(=O)O)C(=O)C2)cc1. The van der Waals surface area contributed by atoms with Gasteiger partial charge in [-0.3, -0.25) is 14.5 Å². The molecule has 0 bridgehead atoms. The highest BCUT2D eigenvalue weighted by Crippen LogP contribution is 2.23. The largest absolute Gasteiger partial charge is 0.480 e. The topological polar surface area (TPSA) is 77.9 Å². The van der Waals surface area contributed by atoms with E-state index in [-0.39, 0.29) is 13.1 Å². The maximum Gasteiger partial charge on any atom is 0.329 e. The standard InChI is InChI=1S/C15H18N2O4/c1-10-4-6-11(7-5-10)16-8-12(18)17(13(19)9-16)15(2,3)14(20)21/h4-7H,8-9H2,1-3H3,(H,20,21). The fourth-order valence-electron chi connectivity index (χ4n) is 2.32. The molecular formula is C15H18N2O4. The predicted molar refractivity (Wildman–Crippen MR) is 77.0 cm³/mol. The molecule has 21 heavy (non-hydrogen) atoms. The number of hydrogen-bond acceptors (Lipinski definition) is 4. The van der Waals surface area contributed by atoms with Crippen molar-refractivity contribution in [3.05, 3.63) is 29.8 Å².